The minimum atomic E-state index is -0.473. The summed E-state index contributed by atoms with van der Waals surface area (Å²) in [4.78, 5) is 39.8. The summed E-state index contributed by atoms with van der Waals surface area (Å²) in [7, 11) is 0. The van der Waals surface area contributed by atoms with Gasteiger partial charge in [0.1, 0.15) is 6.61 Å². The molecule has 0 saturated carbocycles. The van der Waals surface area contributed by atoms with Crippen LogP contribution >= 0.6 is 0 Å². The van der Waals surface area contributed by atoms with Gasteiger partial charge in [0, 0.05) is 19.4 Å². The molecule has 2 N–H and O–H groups in total. The van der Waals surface area contributed by atoms with Gasteiger partial charge in [-0.3, -0.25) is 14.4 Å². The number of amides is 2. The normalized spacial score (nSPS) is 23.3. The van der Waals surface area contributed by atoms with Gasteiger partial charge in [0.05, 0.1) is 24.6 Å². The van der Waals surface area contributed by atoms with Crippen LogP contribution in [-0.4, -0.2) is 59.6 Å². The number of benzene rings is 1. The topological polar surface area (TPSA) is 95.9 Å². The quantitative estimate of drug-likeness (QED) is 0.521. The van der Waals surface area contributed by atoms with E-state index in [1.807, 2.05) is 42.5 Å². The van der Waals surface area contributed by atoms with Gasteiger partial charge >= 0.3 is 5.97 Å². The Hall–Kier alpha value is -2.67. The van der Waals surface area contributed by atoms with E-state index in [2.05, 4.69) is 5.32 Å². The molecule has 174 valence electrons. The fraction of sp³-hybridized carbons (Fsp3) is 0.560. The molecule has 0 spiro atoms. The number of aliphatic hydroxyl groups excluding tert-OH is 1. The molecule has 1 aromatic rings. The molecule has 1 saturated heterocycles. The summed E-state index contributed by atoms with van der Waals surface area (Å²) in [5.41, 5.74) is 1.03. The van der Waals surface area contributed by atoms with Crippen LogP contribution in [0.25, 0.3) is 0 Å². The molecule has 2 aliphatic rings. The Morgan fingerprint density at radius 3 is 2.78 bits per heavy atom. The number of hydrogen-bond donors (Lipinski definition) is 2. The Labute approximate surface area is 189 Å². The van der Waals surface area contributed by atoms with Crippen LogP contribution in [0.3, 0.4) is 0 Å². The second-order valence-corrected chi connectivity index (χ2v) is 8.65. The van der Waals surface area contributed by atoms with E-state index in [4.69, 9.17) is 4.74 Å². The standard InChI is InChI=1S/C25H34N2O5/c28-17-21(15-19-9-4-3-5-10-19)26-23(29)16-20-11-6-1-2-7-13-24(30)32-18-22-12-8-14-27(22)25(20)31/h1,3-6,9-10,20-22,28H,2,7-8,11-18H2,(H,26,29)/t20-,21+,22+/m1/s1. The molecule has 7 nitrogen and oxygen atoms in total. The lowest BCUT2D eigenvalue weighted by Crippen LogP contribution is -2.45. The summed E-state index contributed by atoms with van der Waals surface area (Å²) in [6.07, 6.45) is 8.48. The van der Waals surface area contributed by atoms with Gasteiger partial charge in [-0.25, -0.2) is 0 Å². The Kier molecular flexibility index (Phi) is 9.28. The van der Waals surface area contributed by atoms with Crippen LogP contribution in [0.1, 0.15) is 50.5 Å². The summed E-state index contributed by atoms with van der Waals surface area (Å²) in [5, 5.41) is 12.6. The lowest BCUT2D eigenvalue weighted by atomic mass is 9.97. The van der Waals surface area contributed by atoms with Crippen molar-refractivity contribution in [2.45, 2.75) is 63.5 Å². The Bertz CT molecular complexity index is 795. The second-order valence-electron chi connectivity index (χ2n) is 8.65. The minimum Gasteiger partial charge on any atom is -0.463 e. The molecule has 0 radical (unpaired) electrons. The molecular formula is C25H34N2O5. The highest BCUT2D eigenvalue weighted by molar-refractivity contribution is 5.86. The summed E-state index contributed by atoms with van der Waals surface area (Å²) in [5.74, 6) is -0.995. The van der Waals surface area contributed by atoms with Gasteiger partial charge in [-0.1, -0.05) is 42.5 Å². The zero-order chi connectivity index (χ0) is 22.8. The van der Waals surface area contributed by atoms with Gasteiger partial charge in [0.2, 0.25) is 11.8 Å². The maximum atomic E-state index is 13.3. The molecule has 3 atom stereocenters. The molecule has 2 heterocycles. The number of nitrogens with zero attached hydrogens (tertiary/aromatic N) is 1. The number of rotatable bonds is 6. The predicted octanol–water partition coefficient (Wildman–Crippen LogP) is 2.38. The monoisotopic (exact) mass is 442 g/mol. The number of carbonyl (C=O) groups excluding carboxylic acids is 3. The molecule has 7 heteroatoms. The summed E-state index contributed by atoms with van der Waals surface area (Å²) in [6, 6.07) is 9.17. The van der Waals surface area contributed by atoms with Gasteiger partial charge < -0.3 is 20.1 Å². The molecule has 32 heavy (non-hydrogen) atoms. The Morgan fingerprint density at radius 1 is 1.19 bits per heavy atom. The predicted molar refractivity (Wildman–Crippen MR) is 121 cm³/mol. The number of fused-ring (bicyclic) bond motifs is 1. The molecule has 3 rings (SSSR count). The smallest absolute Gasteiger partial charge is 0.305 e. The molecular weight excluding hydrogens is 408 g/mol. The highest BCUT2D eigenvalue weighted by Crippen LogP contribution is 2.24. The molecule has 0 bridgehead atoms. The largest absolute Gasteiger partial charge is 0.463 e. The molecule has 0 unspecified atom stereocenters. The van der Waals surface area contributed by atoms with E-state index in [-0.39, 0.29) is 43.5 Å². The van der Waals surface area contributed by atoms with Crippen molar-refractivity contribution in [3.8, 4) is 0 Å². The molecule has 2 amide bonds. The first kappa shape index (κ1) is 24.0. The zero-order valence-electron chi connectivity index (χ0n) is 18.6. The number of allylic oxidation sites excluding steroid dienone is 2. The van der Waals surface area contributed by atoms with Crippen LogP contribution in [0.15, 0.2) is 42.5 Å². The lowest BCUT2D eigenvalue weighted by molar-refractivity contribution is -0.148. The third-order valence-corrected chi connectivity index (χ3v) is 6.13. The van der Waals surface area contributed by atoms with E-state index in [9.17, 15) is 19.5 Å². The van der Waals surface area contributed by atoms with Gasteiger partial charge in [0.15, 0.2) is 0 Å². The van der Waals surface area contributed by atoms with Gasteiger partial charge in [-0.15, -0.1) is 0 Å². The number of cyclic esters (lactones) is 1. The molecule has 0 aromatic heterocycles. The molecule has 0 aliphatic carbocycles. The van der Waals surface area contributed by atoms with Gasteiger partial charge in [-0.2, -0.15) is 0 Å². The first-order valence-corrected chi connectivity index (χ1v) is 11.6. The van der Waals surface area contributed by atoms with Crippen LogP contribution < -0.4 is 5.32 Å². The van der Waals surface area contributed by atoms with E-state index < -0.39 is 12.0 Å². The summed E-state index contributed by atoms with van der Waals surface area (Å²) < 4.78 is 5.39. The third kappa shape index (κ3) is 7.19. The van der Waals surface area contributed by atoms with Crippen LogP contribution in [0.4, 0.5) is 0 Å². The fourth-order valence-corrected chi connectivity index (χ4v) is 4.38. The van der Waals surface area contributed by atoms with Crippen LogP contribution in [0.5, 0.6) is 0 Å². The van der Waals surface area contributed by atoms with Crippen molar-refractivity contribution in [3.05, 3.63) is 48.0 Å². The SMILES string of the molecule is O=C(C[C@H]1CC=CCCCC(=O)OC[C@@H]2CCCN2C1=O)N[C@H](CO)Cc1ccccc1. The van der Waals surface area contributed by atoms with Gasteiger partial charge in [0.25, 0.3) is 0 Å². The Morgan fingerprint density at radius 2 is 2.00 bits per heavy atom. The zero-order valence-corrected chi connectivity index (χ0v) is 18.6. The number of esters is 1. The van der Waals surface area contributed by atoms with E-state index >= 15 is 0 Å². The van der Waals surface area contributed by atoms with Crippen LogP contribution in [-0.2, 0) is 25.5 Å². The first-order chi connectivity index (χ1) is 15.6. The van der Waals surface area contributed by atoms with Crippen molar-refractivity contribution in [1.82, 2.24) is 10.2 Å². The number of nitrogens with one attached hydrogen (secondary N) is 1. The Balaban J connectivity index is 1.65. The average molecular weight is 443 g/mol. The van der Waals surface area contributed by atoms with Crippen molar-refractivity contribution in [1.29, 1.82) is 0 Å². The summed E-state index contributed by atoms with van der Waals surface area (Å²) >= 11 is 0. The van der Waals surface area contributed by atoms with Crippen molar-refractivity contribution in [2.24, 2.45) is 5.92 Å². The fourth-order valence-electron chi connectivity index (χ4n) is 4.38. The summed E-state index contributed by atoms with van der Waals surface area (Å²) in [6.45, 7) is 0.676. The van der Waals surface area contributed by atoms with E-state index in [0.717, 1.165) is 24.8 Å². The maximum Gasteiger partial charge on any atom is 0.305 e. The van der Waals surface area contributed by atoms with Crippen molar-refractivity contribution in [2.75, 3.05) is 19.8 Å². The molecule has 2 aliphatic heterocycles. The number of ether oxygens (including phenoxy) is 1. The third-order valence-electron chi connectivity index (χ3n) is 6.13. The molecule has 1 fully saturated rings. The van der Waals surface area contributed by atoms with Gasteiger partial charge in [-0.05, 0) is 44.1 Å². The van der Waals surface area contributed by atoms with Crippen LogP contribution in [0.2, 0.25) is 0 Å². The molecule has 1 aromatic carbocycles. The number of carbonyl (C=O) groups is 3. The average Bonchev–Trinajstić information content (AvgIpc) is 3.27. The van der Waals surface area contributed by atoms with Crippen molar-refractivity contribution < 1.29 is 24.2 Å². The van der Waals surface area contributed by atoms with E-state index in [1.165, 1.54) is 0 Å². The van der Waals surface area contributed by atoms with Crippen LogP contribution in [0, 0.1) is 5.92 Å². The second kappa shape index (κ2) is 12.4. The number of hydrogen-bond acceptors (Lipinski definition) is 5. The minimum absolute atomic E-state index is 0.0637. The number of aliphatic hydroxyl groups is 1. The van der Waals surface area contributed by atoms with Crippen molar-refractivity contribution in [3.63, 3.8) is 0 Å². The highest BCUT2D eigenvalue weighted by atomic mass is 16.5. The van der Waals surface area contributed by atoms with Crippen molar-refractivity contribution >= 4 is 17.8 Å². The highest BCUT2D eigenvalue weighted by Gasteiger charge is 2.34. The van der Waals surface area contributed by atoms with E-state index in [0.29, 0.717) is 32.2 Å². The van der Waals surface area contributed by atoms with E-state index in [1.54, 1.807) is 4.90 Å². The first-order valence-electron chi connectivity index (χ1n) is 11.6. The maximum absolute atomic E-state index is 13.3. The lowest BCUT2D eigenvalue weighted by Gasteiger charge is -2.28.